The van der Waals surface area contributed by atoms with Crippen LogP contribution in [0, 0.1) is 13.8 Å². The normalized spacial score (nSPS) is 10.9. The first-order chi connectivity index (χ1) is 15.8. The largest absolute Gasteiger partial charge is 0.495 e. The van der Waals surface area contributed by atoms with Gasteiger partial charge in [-0.1, -0.05) is 35.4 Å². The van der Waals surface area contributed by atoms with Crippen molar-refractivity contribution in [3.05, 3.63) is 69.2 Å². The number of aryl methyl sites for hydroxylation is 2. The van der Waals surface area contributed by atoms with Crippen LogP contribution in [-0.2, 0) is 11.3 Å². The van der Waals surface area contributed by atoms with Gasteiger partial charge in [-0.3, -0.25) is 9.59 Å². The number of anilines is 1. The van der Waals surface area contributed by atoms with E-state index in [9.17, 15) is 9.59 Å². The Balaban J connectivity index is 1.61. The van der Waals surface area contributed by atoms with Gasteiger partial charge in [0.1, 0.15) is 29.9 Å². The maximum atomic E-state index is 13.0. The molecule has 1 N–H and O–H groups in total. The number of nitrogens with zero attached hydrogens (tertiary/aromatic N) is 4. The third-order valence-electron chi connectivity index (χ3n) is 5.19. The maximum Gasteiger partial charge on any atom is 0.293 e. The number of aromatic nitrogens is 4. The van der Waals surface area contributed by atoms with E-state index in [1.165, 1.54) is 31.1 Å². The number of carbonyl (C=O) groups is 1. The van der Waals surface area contributed by atoms with Crippen LogP contribution < -0.4 is 20.3 Å². The highest BCUT2D eigenvalue weighted by atomic mass is 35.5. The van der Waals surface area contributed by atoms with Gasteiger partial charge in [-0.05, 0) is 31.5 Å². The molecular weight excluding hydrogens is 446 g/mol. The van der Waals surface area contributed by atoms with Gasteiger partial charge in [-0.15, -0.1) is 0 Å². The Morgan fingerprint density at radius 1 is 1.09 bits per heavy atom. The number of rotatable bonds is 6. The van der Waals surface area contributed by atoms with Crippen LogP contribution >= 0.6 is 11.6 Å². The molecule has 4 rings (SSSR count). The third kappa shape index (κ3) is 4.40. The van der Waals surface area contributed by atoms with Gasteiger partial charge < -0.3 is 14.8 Å². The predicted octanol–water partition coefficient (Wildman–Crippen LogP) is 3.48. The number of benzene rings is 2. The quantitative estimate of drug-likeness (QED) is 0.466. The number of nitrogens with one attached hydrogen (secondary N) is 1. The summed E-state index contributed by atoms with van der Waals surface area (Å²) < 4.78 is 12.9. The summed E-state index contributed by atoms with van der Waals surface area (Å²) in [6.07, 6.45) is 1.40. The lowest BCUT2D eigenvalue weighted by Gasteiger charge is -2.13. The van der Waals surface area contributed by atoms with E-state index in [1.54, 1.807) is 12.1 Å². The first-order valence-electron chi connectivity index (χ1n) is 10.0. The molecule has 0 bridgehead atoms. The molecule has 0 saturated heterocycles. The first-order valence-corrected chi connectivity index (χ1v) is 10.4. The number of fused-ring (bicyclic) bond motifs is 1. The zero-order chi connectivity index (χ0) is 23.7. The minimum atomic E-state index is -0.470. The fourth-order valence-electron chi connectivity index (χ4n) is 3.57. The minimum absolute atomic E-state index is 0.299. The lowest BCUT2D eigenvalue weighted by molar-refractivity contribution is -0.117. The number of ether oxygens (including phenoxy) is 2. The van der Waals surface area contributed by atoms with Gasteiger partial charge in [-0.2, -0.15) is 10.2 Å². The molecule has 9 nitrogen and oxygen atoms in total. The Bertz CT molecular complexity index is 1430. The molecule has 4 aromatic rings. The van der Waals surface area contributed by atoms with E-state index >= 15 is 0 Å². The Labute approximate surface area is 194 Å². The SMILES string of the molecule is COc1cc(OC)c(NC(=O)Cn2ncn3nc(-c4ccc(C)cc4C)cc3c2=O)cc1Cl. The summed E-state index contributed by atoms with van der Waals surface area (Å²) >= 11 is 6.16. The number of carbonyl (C=O) groups excluding carboxylic acids is 1. The van der Waals surface area contributed by atoms with Crippen molar-refractivity contribution in [1.29, 1.82) is 0 Å². The van der Waals surface area contributed by atoms with Gasteiger partial charge in [-0.25, -0.2) is 9.20 Å². The Kier molecular flexibility index (Phi) is 6.06. The summed E-state index contributed by atoms with van der Waals surface area (Å²) in [5.74, 6) is 0.312. The summed E-state index contributed by atoms with van der Waals surface area (Å²) in [5.41, 5.74) is 4.02. The van der Waals surface area contributed by atoms with E-state index in [-0.39, 0.29) is 6.54 Å². The van der Waals surface area contributed by atoms with Crippen molar-refractivity contribution in [2.24, 2.45) is 0 Å². The second kappa shape index (κ2) is 8.95. The average molecular weight is 468 g/mol. The summed E-state index contributed by atoms with van der Waals surface area (Å²) in [6, 6.07) is 10.8. The van der Waals surface area contributed by atoms with Gasteiger partial charge in [0.15, 0.2) is 0 Å². The monoisotopic (exact) mass is 467 g/mol. The van der Waals surface area contributed by atoms with Gasteiger partial charge in [0.2, 0.25) is 5.91 Å². The van der Waals surface area contributed by atoms with E-state index in [0.717, 1.165) is 21.4 Å². The van der Waals surface area contributed by atoms with Crippen molar-refractivity contribution in [3.8, 4) is 22.8 Å². The molecule has 0 spiro atoms. The second-order valence-electron chi connectivity index (χ2n) is 7.51. The van der Waals surface area contributed by atoms with Crippen LogP contribution in [0.2, 0.25) is 5.02 Å². The molecule has 0 aliphatic carbocycles. The standard InChI is InChI=1S/C23H22ClN5O4/c1-13-5-6-15(14(2)7-13)17-9-19-23(31)28(25-12-29(19)27-17)11-22(30)26-18-8-16(24)20(32-3)10-21(18)33-4/h5-10,12H,11H2,1-4H3,(H,26,30). The minimum Gasteiger partial charge on any atom is -0.495 e. The van der Waals surface area contributed by atoms with Crippen LogP contribution in [0.25, 0.3) is 16.8 Å². The van der Waals surface area contributed by atoms with Crippen molar-refractivity contribution in [2.75, 3.05) is 19.5 Å². The van der Waals surface area contributed by atoms with E-state index in [1.807, 2.05) is 26.0 Å². The Morgan fingerprint density at radius 2 is 1.85 bits per heavy atom. The molecule has 2 aromatic carbocycles. The van der Waals surface area contributed by atoms with E-state index in [0.29, 0.717) is 33.4 Å². The van der Waals surface area contributed by atoms with Gasteiger partial charge >= 0.3 is 0 Å². The smallest absolute Gasteiger partial charge is 0.293 e. The molecule has 0 unspecified atom stereocenters. The zero-order valence-electron chi connectivity index (χ0n) is 18.5. The van der Waals surface area contributed by atoms with Gasteiger partial charge in [0.05, 0.1) is 30.6 Å². The lowest BCUT2D eigenvalue weighted by atomic mass is 10.0. The summed E-state index contributed by atoms with van der Waals surface area (Å²) in [7, 11) is 2.94. The third-order valence-corrected chi connectivity index (χ3v) is 5.48. The predicted molar refractivity (Wildman–Crippen MR) is 125 cm³/mol. The number of hydrogen-bond acceptors (Lipinski definition) is 6. The van der Waals surface area contributed by atoms with Crippen LogP contribution in [0.1, 0.15) is 11.1 Å². The number of halogens is 1. The van der Waals surface area contributed by atoms with Gasteiger partial charge in [0, 0.05) is 11.6 Å². The molecule has 0 aliphatic rings. The van der Waals surface area contributed by atoms with Crippen molar-refractivity contribution in [3.63, 3.8) is 0 Å². The van der Waals surface area contributed by atoms with Crippen LogP contribution in [0.5, 0.6) is 11.5 Å². The molecule has 0 radical (unpaired) electrons. The number of amides is 1. The summed E-state index contributed by atoms with van der Waals surface area (Å²) in [6.45, 7) is 3.71. The molecule has 0 aliphatic heterocycles. The highest BCUT2D eigenvalue weighted by Gasteiger charge is 2.16. The van der Waals surface area contributed by atoms with E-state index in [2.05, 4.69) is 21.6 Å². The molecule has 0 atom stereocenters. The molecule has 2 aromatic heterocycles. The lowest BCUT2D eigenvalue weighted by Crippen LogP contribution is -2.30. The molecule has 1 amide bonds. The average Bonchev–Trinajstić information content (AvgIpc) is 3.21. The summed E-state index contributed by atoms with van der Waals surface area (Å²) in [5, 5.41) is 11.6. The molecule has 170 valence electrons. The molecule has 0 saturated carbocycles. The van der Waals surface area contributed by atoms with Crippen molar-refractivity contribution >= 4 is 28.7 Å². The number of hydrogen-bond donors (Lipinski definition) is 1. The Hall–Kier alpha value is -3.85. The highest BCUT2D eigenvalue weighted by Crippen LogP contribution is 2.35. The summed E-state index contributed by atoms with van der Waals surface area (Å²) in [4.78, 5) is 25.6. The molecular formula is C23H22ClN5O4. The number of methoxy groups -OCH3 is 2. The van der Waals surface area contributed by atoms with E-state index < -0.39 is 11.5 Å². The van der Waals surface area contributed by atoms with Gasteiger partial charge in [0.25, 0.3) is 5.56 Å². The van der Waals surface area contributed by atoms with Crippen molar-refractivity contribution in [1.82, 2.24) is 19.4 Å². The highest BCUT2D eigenvalue weighted by molar-refractivity contribution is 6.32. The van der Waals surface area contributed by atoms with Crippen molar-refractivity contribution < 1.29 is 14.3 Å². The van der Waals surface area contributed by atoms with Crippen LogP contribution in [0.3, 0.4) is 0 Å². The molecule has 2 heterocycles. The van der Waals surface area contributed by atoms with Crippen LogP contribution in [0.15, 0.2) is 47.5 Å². The Morgan fingerprint density at radius 3 is 2.55 bits per heavy atom. The van der Waals surface area contributed by atoms with E-state index in [4.69, 9.17) is 21.1 Å². The topological polar surface area (TPSA) is 99.8 Å². The van der Waals surface area contributed by atoms with Crippen LogP contribution in [-0.4, -0.2) is 39.5 Å². The molecule has 10 heteroatoms. The maximum absolute atomic E-state index is 13.0. The molecule has 33 heavy (non-hydrogen) atoms. The van der Waals surface area contributed by atoms with Crippen molar-refractivity contribution in [2.45, 2.75) is 20.4 Å². The fraction of sp³-hybridized carbons (Fsp3) is 0.217. The second-order valence-corrected chi connectivity index (χ2v) is 7.91. The zero-order valence-corrected chi connectivity index (χ0v) is 19.3. The molecule has 0 fully saturated rings. The first kappa shape index (κ1) is 22.3. The van der Waals surface area contributed by atoms with Crippen LogP contribution in [0.4, 0.5) is 5.69 Å². The fourth-order valence-corrected chi connectivity index (χ4v) is 3.81.